The summed E-state index contributed by atoms with van der Waals surface area (Å²) in [5.41, 5.74) is 1.05. The summed E-state index contributed by atoms with van der Waals surface area (Å²) >= 11 is 0. The molecule has 1 heterocycles. The van der Waals surface area contributed by atoms with Crippen molar-refractivity contribution < 1.29 is 19.1 Å². The Kier molecular flexibility index (Phi) is 6.39. The molecule has 0 aromatic heterocycles. The molecule has 0 unspecified atom stereocenters. The average Bonchev–Trinajstić information content (AvgIpc) is 2.45. The van der Waals surface area contributed by atoms with Crippen molar-refractivity contribution in [3.8, 4) is 0 Å². The number of anilines is 1. The Balaban J connectivity index is 0.00000220. The van der Waals surface area contributed by atoms with Crippen molar-refractivity contribution in [2.24, 2.45) is 0 Å². The van der Waals surface area contributed by atoms with E-state index in [9.17, 15) is 14.0 Å². The number of halogens is 2. The van der Waals surface area contributed by atoms with Gasteiger partial charge in [-0.25, -0.2) is 9.18 Å². The van der Waals surface area contributed by atoms with Crippen LogP contribution in [0.2, 0.25) is 0 Å². The lowest BCUT2D eigenvalue weighted by Gasteiger charge is -2.29. The summed E-state index contributed by atoms with van der Waals surface area (Å²) in [5.74, 6) is -3.02. The normalized spacial score (nSPS) is 14.2. The van der Waals surface area contributed by atoms with Crippen LogP contribution in [0, 0.1) is 5.82 Å². The molecule has 3 N–H and O–H groups in total. The third-order valence-electron chi connectivity index (χ3n) is 3.12. The van der Waals surface area contributed by atoms with Gasteiger partial charge in [-0.15, -0.1) is 12.4 Å². The number of carbonyl (C=O) groups excluding carboxylic acids is 1. The van der Waals surface area contributed by atoms with Gasteiger partial charge in [0.1, 0.15) is 5.82 Å². The monoisotopic (exact) mass is 317 g/mol. The fraction of sp³-hybridized carbons (Fsp3) is 0.385. The highest BCUT2D eigenvalue weighted by molar-refractivity contribution is 6.31. The second-order valence-corrected chi connectivity index (χ2v) is 4.51. The Morgan fingerprint density at radius 3 is 2.57 bits per heavy atom. The zero-order chi connectivity index (χ0) is 14.5. The van der Waals surface area contributed by atoms with E-state index >= 15 is 0 Å². The molecule has 0 spiro atoms. The van der Waals surface area contributed by atoms with Crippen molar-refractivity contribution in [1.29, 1.82) is 0 Å². The highest BCUT2D eigenvalue weighted by Gasteiger charge is 2.15. The van der Waals surface area contributed by atoms with E-state index in [0.29, 0.717) is 11.3 Å². The van der Waals surface area contributed by atoms with Crippen molar-refractivity contribution in [2.45, 2.75) is 6.54 Å². The van der Waals surface area contributed by atoms with Gasteiger partial charge in [-0.2, -0.15) is 0 Å². The number of benzene rings is 1. The Hall–Kier alpha value is -1.86. The van der Waals surface area contributed by atoms with Crippen molar-refractivity contribution >= 4 is 30.0 Å². The minimum Gasteiger partial charge on any atom is -0.474 e. The summed E-state index contributed by atoms with van der Waals surface area (Å²) in [4.78, 5) is 23.2. The fourth-order valence-electron chi connectivity index (χ4n) is 2.08. The zero-order valence-corrected chi connectivity index (χ0v) is 12.1. The lowest BCUT2D eigenvalue weighted by molar-refractivity contribution is -0.150. The van der Waals surface area contributed by atoms with Gasteiger partial charge in [0.2, 0.25) is 0 Å². The molecule has 0 saturated carbocycles. The van der Waals surface area contributed by atoms with Gasteiger partial charge in [-0.3, -0.25) is 4.79 Å². The third-order valence-corrected chi connectivity index (χ3v) is 3.12. The summed E-state index contributed by atoms with van der Waals surface area (Å²) in [5, 5.41) is 13.8. The Bertz CT molecular complexity index is 521. The van der Waals surface area contributed by atoms with Gasteiger partial charge < -0.3 is 20.6 Å². The van der Waals surface area contributed by atoms with E-state index in [1.54, 1.807) is 12.1 Å². The molecular weight excluding hydrogens is 301 g/mol. The molecule has 21 heavy (non-hydrogen) atoms. The van der Waals surface area contributed by atoms with Crippen LogP contribution in [0.4, 0.5) is 10.1 Å². The SMILES string of the molecule is Cl.O=C(O)C(=O)NCc1ccc(N2CCNCC2)c(F)c1. The van der Waals surface area contributed by atoms with E-state index in [2.05, 4.69) is 10.6 Å². The van der Waals surface area contributed by atoms with Crippen LogP contribution in [0.3, 0.4) is 0 Å². The highest BCUT2D eigenvalue weighted by Crippen LogP contribution is 2.20. The molecule has 1 aromatic carbocycles. The molecule has 0 aliphatic carbocycles. The maximum Gasteiger partial charge on any atom is 0.394 e. The largest absolute Gasteiger partial charge is 0.474 e. The summed E-state index contributed by atoms with van der Waals surface area (Å²) in [6, 6.07) is 4.66. The first-order chi connectivity index (χ1) is 9.58. The number of carboxylic acids is 1. The number of nitrogens with one attached hydrogen (secondary N) is 2. The predicted molar refractivity (Wildman–Crippen MR) is 78.2 cm³/mol. The summed E-state index contributed by atoms with van der Waals surface area (Å²) in [7, 11) is 0. The van der Waals surface area contributed by atoms with Gasteiger partial charge in [0.15, 0.2) is 0 Å². The lowest BCUT2D eigenvalue weighted by Crippen LogP contribution is -2.43. The van der Waals surface area contributed by atoms with E-state index in [1.165, 1.54) is 6.07 Å². The van der Waals surface area contributed by atoms with E-state index in [-0.39, 0.29) is 24.8 Å². The standard InChI is InChI=1S/C13H16FN3O3.ClH/c14-10-7-9(8-16-12(18)13(19)20)1-2-11(10)17-5-3-15-4-6-17;/h1-2,7,15H,3-6,8H2,(H,16,18)(H,19,20);1H. The maximum atomic E-state index is 14.0. The second kappa shape index (κ2) is 7.80. The molecular formula is C13H17ClFN3O3. The van der Waals surface area contributed by atoms with Gasteiger partial charge in [0.05, 0.1) is 5.69 Å². The van der Waals surface area contributed by atoms with Crippen molar-refractivity contribution in [1.82, 2.24) is 10.6 Å². The number of carbonyl (C=O) groups is 2. The fourth-order valence-corrected chi connectivity index (χ4v) is 2.08. The lowest BCUT2D eigenvalue weighted by atomic mass is 10.1. The van der Waals surface area contributed by atoms with Crippen LogP contribution in [0.25, 0.3) is 0 Å². The summed E-state index contributed by atoms with van der Waals surface area (Å²) in [6.45, 7) is 3.10. The number of piperazine rings is 1. The highest BCUT2D eigenvalue weighted by atomic mass is 35.5. The van der Waals surface area contributed by atoms with E-state index in [0.717, 1.165) is 26.2 Å². The van der Waals surface area contributed by atoms with Crippen molar-refractivity contribution in [2.75, 3.05) is 31.1 Å². The van der Waals surface area contributed by atoms with Gasteiger partial charge in [-0.1, -0.05) is 6.07 Å². The Morgan fingerprint density at radius 1 is 1.33 bits per heavy atom. The predicted octanol–water partition coefficient (Wildman–Crippen LogP) is 0.358. The molecule has 1 aliphatic rings. The van der Waals surface area contributed by atoms with Gasteiger partial charge in [0, 0.05) is 32.7 Å². The van der Waals surface area contributed by atoms with Crippen LogP contribution in [-0.2, 0) is 16.1 Å². The van der Waals surface area contributed by atoms with Crippen molar-refractivity contribution in [3.63, 3.8) is 0 Å². The smallest absolute Gasteiger partial charge is 0.394 e. The first kappa shape index (κ1) is 17.2. The second-order valence-electron chi connectivity index (χ2n) is 4.51. The Labute approximate surface area is 127 Å². The molecule has 116 valence electrons. The van der Waals surface area contributed by atoms with Crippen LogP contribution < -0.4 is 15.5 Å². The first-order valence-electron chi connectivity index (χ1n) is 6.33. The molecule has 1 amide bonds. The quantitative estimate of drug-likeness (QED) is 0.701. The molecule has 2 rings (SSSR count). The minimum absolute atomic E-state index is 0. The van der Waals surface area contributed by atoms with Gasteiger partial charge >= 0.3 is 11.9 Å². The third kappa shape index (κ3) is 4.57. The molecule has 1 saturated heterocycles. The average molecular weight is 318 g/mol. The number of aliphatic carboxylic acids is 1. The van der Waals surface area contributed by atoms with Crippen LogP contribution in [0.5, 0.6) is 0 Å². The van der Waals surface area contributed by atoms with Crippen molar-refractivity contribution in [3.05, 3.63) is 29.6 Å². The molecule has 1 aliphatic heterocycles. The first-order valence-corrected chi connectivity index (χ1v) is 6.33. The van der Waals surface area contributed by atoms with E-state index < -0.39 is 11.9 Å². The zero-order valence-electron chi connectivity index (χ0n) is 11.3. The van der Waals surface area contributed by atoms with E-state index in [1.807, 2.05) is 4.90 Å². The Morgan fingerprint density at radius 2 is 2.00 bits per heavy atom. The molecule has 0 radical (unpaired) electrons. The number of rotatable bonds is 3. The number of nitrogens with zero attached hydrogens (tertiary/aromatic N) is 1. The number of hydrogen-bond acceptors (Lipinski definition) is 4. The number of amides is 1. The van der Waals surface area contributed by atoms with Gasteiger partial charge in [0.25, 0.3) is 0 Å². The van der Waals surface area contributed by atoms with Crippen LogP contribution in [-0.4, -0.2) is 43.2 Å². The van der Waals surface area contributed by atoms with Crippen LogP contribution in [0.15, 0.2) is 18.2 Å². The molecule has 0 atom stereocenters. The topological polar surface area (TPSA) is 81.7 Å². The number of hydrogen-bond donors (Lipinski definition) is 3. The summed E-state index contributed by atoms with van der Waals surface area (Å²) in [6.07, 6.45) is 0. The number of carboxylic acid groups (broad SMARTS) is 1. The van der Waals surface area contributed by atoms with Crippen LogP contribution >= 0.6 is 12.4 Å². The maximum absolute atomic E-state index is 14.0. The molecule has 1 fully saturated rings. The molecule has 8 heteroatoms. The molecule has 6 nitrogen and oxygen atoms in total. The summed E-state index contributed by atoms with van der Waals surface area (Å²) < 4.78 is 14.0. The van der Waals surface area contributed by atoms with Gasteiger partial charge in [-0.05, 0) is 17.7 Å². The molecule has 1 aromatic rings. The van der Waals surface area contributed by atoms with Crippen LogP contribution in [0.1, 0.15) is 5.56 Å². The minimum atomic E-state index is -1.55. The molecule has 0 bridgehead atoms. The van der Waals surface area contributed by atoms with E-state index in [4.69, 9.17) is 5.11 Å².